The lowest BCUT2D eigenvalue weighted by Gasteiger charge is -2.32. The summed E-state index contributed by atoms with van der Waals surface area (Å²) in [6.45, 7) is 3.82. The van der Waals surface area contributed by atoms with Crippen LogP contribution in [0.5, 0.6) is 0 Å². The largest absolute Gasteiger partial charge is 0.481 e. The lowest BCUT2D eigenvalue weighted by Crippen LogP contribution is -2.48. The molecule has 0 bridgehead atoms. The fourth-order valence-electron chi connectivity index (χ4n) is 2.62. The molecule has 7 heteroatoms. The van der Waals surface area contributed by atoms with Gasteiger partial charge < -0.3 is 15.3 Å². The summed E-state index contributed by atoms with van der Waals surface area (Å²) in [5.74, 6) is -0.571. The second-order valence-electron chi connectivity index (χ2n) is 5.61. The number of aliphatic carboxylic acids is 1. The molecule has 2 N–H and O–H groups in total. The highest BCUT2D eigenvalue weighted by Crippen LogP contribution is 2.20. The van der Waals surface area contributed by atoms with Gasteiger partial charge in [0.15, 0.2) is 0 Å². The van der Waals surface area contributed by atoms with Crippen molar-refractivity contribution in [3.63, 3.8) is 0 Å². The van der Waals surface area contributed by atoms with Gasteiger partial charge in [-0.2, -0.15) is 5.10 Å². The van der Waals surface area contributed by atoms with Crippen LogP contribution in [0.15, 0.2) is 18.5 Å². The van der Waals surface area contributed by atoms with Crippen molar-refractivity contribution in [1.82, 2.24) is 20.0 Å². The van der Waals surface area contributed by atoms with E-state index in [0.29, 0.717) is 19.6 Å². The van der Waals surface area contributed by atoms with Crippen molar-refractivity contribution in [2.75, 3.05) is 13.1 Å². The summed E-state index contributed by atoms with van der Waals surface area (Å²) >= 11 is 0. The van der Waals surface area contributed by atoms with E-state index in [2.05, 4.69) is 10.4 Å². The number of amides is 2. The molecule has 1 fully saturated rings. The second kappa shape index (κ2) is 7.10. The predicted molar refractivity (Wildman–Crippen MR) is 76.8 cm³/mol. The van der Waals surface area contributed by atoms with Gasteiger partial charge in [0.25, 0.3) is 0 Å². The van der Waals surface area contributed by atoms with Crippen LogP contribution in [0.2, 0.25) is 0 Å². The van der Waals surface area contributed by atoms with E-state index < -0.39 is 5.97 Å². The molecule has 0 radical (unpaired) electrons. The number of nitrogens with one attached hydrogen (secondary N) is 1. The van der Waals surface area contributed by atoms with E-state index in [1.165, 1.54) is 0 Å². The van der Waals surface area contributed by atoms with E-state index in [-0.39, 0.29) is 24.4 Å². The highest BCUT2D eigenvalue weighted by Gasteiger charge is 2.24. The number of carboxylic acid groups (broad SMARTS) is 1. The molecule has 0 saturated carbocycles. The van der Waals surface area contributed by atoms with Crippen LogP contribution in [-0.4, -0.2) is 50.9 Å². The standard InChI is InChI=1S/C14H22N4O3/c1-11(10-18-6-2-5-15-18)16-14(21)17-7-3-12(4-8-17)9-13(19)20/h2,5-6,11-12H,3-4,7-10H2,1H3,(H,16,21)(H,19,20). The zero-order chi connectivity index (χ0) is 15.2. The lowest BCUT2D eigenvalue weighted by atomic mass is 9.94. The van der Waals surface area contributed by atoms with E-state index in [1.54, 1.807) is 15.8 Å². The molecule has 2 rings (SSSR count). The van der Waals surface area contributed by atoms with E-state index in [9.17, 15) is 9.59 Å². The molecule has 1 saturated heterocycles. The van der Waals surface area contributed by atoms with Gasteiger partial charge in [-0.05, 0) is 31.7 Å². The molecule has 0 aliphatic carbocycles. The number of aromatic nitrogens is 2. The Morgan fingerprint density at radius 1 is 1.43 bits per heavy atom. The summed E-state index contributed by atoms with van der Waals surface area (Å²) < 4.78 is 1.78. The van der Waals surface area contributed by atoms with Gasteiger partial charge in [0.2, 0.25) is 0 Å². The first-order valence-corrected chi connectivity index (χ1v) is 7.29. The summed E-state index contributed by atoms with van der Waals surface area (Å²) in [4.78, 5) is 24.6. The first-order valence-electron chi connectivity index (χ1n) is 7.29. The van der Waals surface area contributed by atoms with Gasteiger partial charge in [0.1, 0.15) is 0 Å². The number of hydrogen-bond donors (Lipinski definition) is 2. The fourth-order valence-corrected chi connectivity index (χ4v) is 2.62. The van der Waals surface area contributed by atoms with E-state index in [1.807, 2.05) is 19.2 Å². The summed E-state index contributed by atoms with van der Waals surface area (Å²) in [7, 11) is 0. The average molecular weight is 294 g/mol. The van der Waals surface area contributed by atoms with Gasteiger partial charge in [0, 0.05) is 37.9 Å². The Labute approximate surface area is 123 Å². The topological polar surface area (TPSA) is 87.5 Å². The molecule has 2 heterocycles. The van der Waals surface area contributed by atoms with Crippen molar-refractivity contribution in [1.29, 1.82) is 0 Å². The number of rotatable bonds is 5. The molecule has 0 aromatic carbocycles. The van der Waals surface area contributed by atoms with Crippen LogP contribution in [0.4, 0.5) is 4.79 Å². The minimum absolute atomic E-state index is 0.00542. The Morgan fingerprint density at radius 3 is 2.71 bits per heavy atom. The van der Waals surface area contributed by atoms with Gasteiger partial charge in [-0.3, -0.25) is 9.48 Å². The van der Waals surface area contributed by atoms with Crippen molar-refractivity contribution in [2.24, 2.45) is 5.92 Å². The van der Waals surface area contributed by atoms with Crippen LogP contribution in [0.1, 0.15) is 26.2 Å². The Morgan fingerprint density at radius 2 is 2.14 bits per heavy atom. The molecule has 1 unspecified atom stereocenters. The van der Waals surface area contributed by atoms with Crippen LogP contribution in [0.25, 0.3) is 0 Å². The smallest absolute Gasteiger partial charge is 0.317 e. The first kappa shape index (κ1) is 15.3. The van der Waals surface area contributed by atoms with Gasteiger partial charge in [-0.15, -0.1) is 0 Å². The molecule has 2 amide bonds. The molecule has 21 heavy (non-hydrogen) atoms. The number of carboxylic acids is 1. The Hall–Kier alpha value is -2.05. The van der Waals surface area contributed by atoms with Crippen molar-refractivity contribution in [3.05, 3.63) is 18.5 Å². The second-order valence-corrected chi connectivity index (χ2v) is 5.61. The molecule has 1 aromatic rings. The summed E-state index contributed by atoms with van der Waals surface area (Å²) in [6, 6.07) is 1.76. The molecule has 1 aliphatic rings. The summed E-state index contributed by atoms with van der Waals surface area (Å²) in [5, 5.41) is 15.8. The molecule has 1 aliphatic heterocycles. The van der Waals surface area contributed by atoms with Crippen molar-refractivity contribution >= 4 is 12.0 Å². The van der Waals surface area contributed by atoms with Crippen molar-refractivity contribution < 1.29 is 14.7 Å². The normalized spacial score (nSPS) is 17.5. The number of hydrogen-bond acceptors (Lipinski definition) is 3. The SMILES string of the molecule is CC(Cn1cccn1)NC(=O)N1CCC(CC(=O)O)CC1. The summed E-state index contributed by atoms with van der Waals surface area (Å²) in [5.41, 5.74) is 0. The van der Waals surface area contributed by atoms with Crippen LogP contribution >= 0.6 is 0 Å². The van der Waals surface area contributed by atoms with Crippen LogP contribution < -0.4 is 5.32 Å². The number of nitrogens with zero attached hydrogens (tertiary/aromatic N) is 3. The maximum atomic E-state index is 12.1. The van der Waals surface area contributed by atoms with Crippen LogP contribution in [0, 0.1) is 5.92 Å². The van der Waals surface area contributed by atoms with E-state index >= 15 is 0 Å². The number of piperidine rings is 1. The molecule has 0 spiro atoms. The third kappa shape index (κ3) is 4.77. The van der Waals surface area contributed by atoms with Gasteiger partial charge in [0.05, 0.1) is 6.54 Å². The first-order chi connectivity index (χ1) is 10.0. The molecular weight excluding hydrogens is 272 g/mol. The zero-order valence-electron chi connectivity index (χ0n) is 12.2. The summed E-state index contributed by atoms with van der Waals surface area (Å²) in [6.07, 6.45) is 5.29. The minimum Gasteiger partial charge on any atom is -0.481 e. The fraction of sp³-hybridized carbons (Fsp3) is 0.643. The Bertz CT molecular complexity index is 467. The van der Waals surface area contributed by atoms with E-state index in [0.717, 1.165) is 12.8 Å². The maximum Gasteiger partial charge on any atom is 0.317 e. The van der Waals surface area contributed by atoms with Crippen LogP contribution in [0.3, 0.4) is 0 Å². The lowest BCUT2D eigenvalue weighted by molar-refractivity contribution is -0.138. The minimum atomic E-state index is -0.759. The molecule has 7 nitrogen and oxygen atoms in total. The molecule has 1 aromatic heterocycles. The van der Waals surface area contributed by atoms with Gasteiger partial charge in [-0.1, -0.05) is 0 Å². The molecular formula is C14H22N4O3. The molecule has 1 atom stereocenters. The van der Waals surface area contributed by atoms with E-state index in [4.69, 9.17) is 5.11 Å². The van der Waals surface area contributed by atoms with Gasteiger partial charge >= 0.3 is 12.0 Å². The number of carbonyl (C=O) groups is 2. The van der Waals surface area contributed by atoms with Gasteiger partial charge in [-0.25, -0.2) is 4.79 Å². The average Bonchev–Trinajstić information content (AvgIpc) is 2.91. The van der Waals surface area contributed by atoms with Crippen molar-refractivity contribution in [3.8, 4) is 0 Å². The van der Waals surface area contributed by atoms with Crippen molar-refractivity contribution in [2.45, 2.75) is 38.8 Å². The predicted octanol–water partition coefficient (Wildman–Crippen LogP) is 1.17. The number of urea groups is 1. The molecule has 116 valence electrons. The third-order valence-electron chi connectivity index (χ3n) is 3.76. The maximum absolute atomic E-state index is 12.1. The Kier molecular flexibility index (Phi) is 5.19. The van der Waals surface area contributed by atoms with Crippen LogP contribution in [-0.2, 0) is 11.3 Å². The highest BCUT2D eigenvalue weighted by molar-refractivity contribution is 5.74. The highest BCUT2D eigenvalue weighted by atomic mass is 16.4. The zero-order valence-corrected chi connectivity index (χ0v) is 12.2. The monoisotopic (exact) mass is 294 g/mol. The quantitative estimate of drug-likeness (QED) is 0.853. The number of likely N-dealkylation sites (tertiary alicyclic amines) is 1. The Balaban J connectivity index is 1.73. The third-order valence-corrected chi connectivity index (χ3v) is 3.76. The number of carbonyl (C=O) groups excluding carboxylic acids is 1.